The third-order valence-electron chi connectivity index (χ3n) is 2.77. The molecule has 1 aromatic carbocycles. The first kappa shape index (κ1) is 17.2. The van der Waals surface area contributed by atoms with E-state index in [-0.39, 0.29) is 16.6 Å². The lowest BCUT2D eigenvalue weighted by molar-refractivity contribution is 0.0635. The average molecular weight is 391 g/mol. The van der Waals surface area contributed by atoms with Crippen molar-refractivity contribution in [3.05, 3.63) is 22.7 Å². The molecular weight excluding hydrogens is 372 g/mol. The van der Waals surface area contributed by atoms with Gasteiger partial charge in [-0.1, -0.05) is 15.9 Å². The first-order chi connectivity index (χ1) is 10.1. The number of rotatable bonds is 4. The number of amides is 1. The van der Waals surface area contributed by atoms with E-state index in [0.29, 0.717) is 4.47 Å². The predicted molar refractivity (Wildman–Crippen MR) is 87.3 cm³/mol. The molecule has 0 aliphatic heterocycles. The fourth-order valence-corrected chi connectivity index (χ4v) is 3.72. The van der Waals surface area contributed by atoms with E-state index in [1.807, 2.05) is 0 Å². The number of benzene rings is 1. The molecule has 22 heavy (non-hydrogen) atoms. The molecule has 8 heteroatoms. The normalized spacial score (nSPS) is 15.5. The van der Waals surface area contributed by atoms with Gasteiger partial charge in [-0.25, -0.2) is 17.9 Å². The summed E-state index contributed by atoms with van der Waals surface area (Å²) in [4.78, 5) is 11.9. The molecule has 0 radical (unpaired) electrons. The fourth-order valence-electron chi connectivity index (χ4n) is 1.72. The van der Waals surface area contributed by atoms with E-state index in [2.05, 4.69) is 26.0 Å². The van der Waals surface area contributed by atoms with E-state index >= 15 is 0 Å². The van der Waals surface area contributed by atoms with Crippen LogP contribution in [-0.2, 0) is 14.8 Å². The van der Waals surface area contributed by atoms with Gasteiger partial charge in [0.25, 0.3) is 0 Å². The number of ether oxygens (including phenoxy) is 1. The largest absolute Gasteiger partial charge is 0.444 e. The molecule has 0 unspecified atom stereocenters. The minimum atomic E-state index is -3.69. The second kappa shape index (κ2) is 6.17. The van der Waals surface area contributed by atoms with Crippen LogP contribution in [0.1, 0.15) is 33.6 Å². The highest BCUT2D eigenvalue weighted by Crippen LogP contribution is 2.29. The fraction of sp³-hybridized carbons (Fsp3) is 0.500. The highest BCUT2D eigenvalue weighted by atomic mass is 79.9. The molecule has 1 aromatic rings. The number of sulfonamides is 1. The Morgan fingerprint density at radius 3 is 2.50 bits per heavy atom. The van der Waals surface area contributed by atoms with Gasteiger partial charge in [0.15, 0.2) is 0 Å². The lowest BCUT2D eigenvalue weighted by Gasteiger charge is -2.20. The van der Waals surface area contributed by atoms with Crippen molar-refractivity contribution < 1.29 is 17.9 Å². The Labute approximate surface area is 138 Å². The van der Waals surface area contributed by atoms with Crippen LogP contribution in [0.25, 0.3) is 0 Å². The summed E-state index contributed by atoms with van der Waals surface area (Å²) in [5.41, 5.74) is -0.476. The molecular formula is C14H19BrN2O4S. The minimum Gasteiger partial charge on any atom is -0.444 e. The summed E-state index contributed by atoms with van der Waals surface area (Å²) < 4.78 is 33.2. The summed E-state index contributed by atoms with van der Waals surface area (Å²) in [7, 11) is -3.69. The highest BCUT2D eigenvalue weighted by molar-refractivity contribution is 9.10. The van der Waals surface area contributed by atoms with Gasteiger partial charge in [-0.3, -0.25) is 5.32 Å². The molecule has 2 rings (SSSR count). The van der Waals surface area contributed by atoms with Crippen LogP contribution < -0.4 is 10.0 Å². The Balaban J connectivity index is 2.26. The summed E-state index contributed by atoms with van der Waals surface area (Å²) in [6.07, 6.45) is 0.974. The van der Waals surface area contributed by atoms with Crippen LogP contribution in [0.3, 0.4) is 0 Å². The first-order valence-corrected chi connectivity index (χ1v) is 9.16. The van der Waals surface area contributed by atoms with Crippen LogP contribution in [0.15, 0.2) is 27.6 Å². The number of carbonyl (C=O) groups excluding carboxylic acids is 1. The molecule has 6 nitrogen and oxygen atoms in total. The van der Waals surface area contributed by atoms with Crippen molar-refractivity contribution in [3.63, 3.8) is 0 Å². The first-order valence-electron chi connectivity index (χ1n) is 6.89. The monoisotopic (exact) mass is 390 g/mol. The van der Waals surface area contributed by atoms with Crippen LogP contribution in [0, 0.1) is 0 Å². The van der Waals surface area contributed by atoms with E-state index in [4.69, 9.17) is 4.74 Å². The van der Waals surface area contributed by atoms with Crippen molar-refractivity contribution in [2.24, 2.45) is 0 Å². The zero-order valence-electron chi connectivity index (χ0n) is 12.6. The zero-order valence-corrected chi connectivity index (χ0v) is 15.0. The molecule has 1 fully saturated rings. The maximum Gasteiger partial charge on any atom is 0.412 e. The molecule has 0 atom stereocenters. The van der Waals surface area contributed by atoms with E-state index < -0.39 is 21.7 Å². The predicted octanol–water partition coefficient (Wildman–Crippen LogP) is 3.24. The van der Waals surface area contributed by atoms with Gasteiger partial charge in [0.2, 0.25) is 10.0 Å². The standard InChI is InChI=1S/C14H19BrN2O4S/c1-14(2,3)21-13(18)16-11-7-4-9(15)8-12(11)22(19,20)17-10-5-6-10/h4,7-8,10,17H,5-6H2,1-3H3,(H,16,18). The molecule has 1 aliphatic carbocycles. The molecule has 0 spiro atoms. The Kier molecular flexibility index (Phi) is 4.84. The lowest BCUT2D eigenvalue weighted by Crippen LogP contribution is -2.29. The summed E-state index contributed by atoms with van der Waals surface area (Å²) >= 11 is 3.25. The van der Waals surface area contributed by atoms with Gasteiger partial charge in [-0.15, -0.1) is 0 Å². The zero-order chi connectivity index (χ0) is 16.5. The number of hydrogen-bond acceptors (Lipinski definition) is 4. The summed E-state index contributed by atoms with van der Waals surface area (Å²) in [5, 5.41) is 2.49. The number of halogens is 1. The highest BCUT2D eigenvalue weighted by Gasteiger charge is 2.30. The smallest absolute Gasteiger partial charge is 0.412 e. The van der Waals surface area contributed by atoms with Gasteiger partial charge >= 0.3 is 6.09 Å². The van der Waals surface area contributed by atoms with Crippen LogP contribution in [0.4, 0.5) is 10.5 Å². The number of nitrogens with one attached hydrogen (secondary N) is 2. The number of carbonyl (C=O) groups is 1. The van der Waals surface area contributed by atoms with Crippen LogP contribution >= 0.6 is 15.9 Å². The van der Waals surface area contributed by atoms with Gasteiger partial charge in [0.05, 0.1) is 5.69 Å². The van der Waals surface area contributed by atoms with Gasteiger partial charge in [-0.05, 0) is 51.8 Å². The third kappa shape index (κ3) is 4.96. The topological polar surface area (TPSA) is 84.5 Å². The van der Waals surface area contributed by atoms with Crippen molar-refractivity contribution in [2.75, 3.05) is 5.32 Å². The molecule has 0 aromatic heterocycles. The van der Waals surface area contributed by atoms with Crippen molar-refractivity contribution in [1.82, 2.24) is 4.72 Å². The van der Waals surface area contributed by atoms with Crippen molar-refractivity contribution >= 4 is 37.7 Å². The van der Waals surface area contributed by atoms with Gasteiger partial charge in [-0.2, -0.15) is 0 Å². The third-order valence-corrected chi connectivity index (χ3v) is 4.82. The van der Waals surface area contributed by atoms with E-state index in [1.165, 1.54) is 12.1 Å². The Morgan fingerprint density at radius 1 is 1.32 bits per heavy atom. The van der Waals surface area contributed by atoms with Crippen LogP contribution in [0.2, 0.25) is 0 Å². The second-order valence-corrected chi connectivity index (χ2v) is 8.76. The van der Waals surface area contributed by atoms with Gasteiger partial charge in [0, 0.05) is 10.5 Å². The average Bonchev–Trinajstić information content (AvgIpc) is 3.12. The Hall–Kier alpha value is -1.12. The second-order valence-electron chi connectivity index (χ2n) is 6.16. The lowest BCUT2D eigenvalue weighted by atomic mass is 10.2. The molecule has 1 aliphatic rings. The molecule has 0 bridgehead atoms. The van der Waals surface area contributed by atoms with Crippen molar-refractivity contribution in [3.8, 4) is 0 Å². The van der Waals surface area contributed by atoms with Crippen LogP contribution in [-0.4, -0.2) is 26.2 Å². The van der Waals surface area contributed by atoms with Gasteiger partial charge < -0.3 is 4.74 Å². The van der Waals surface area contributed by atoms with E-state index in [1.54, 1.807) is 26.8 Å². The summed E-state index contributed by atoms with van der Waals surface area (Å²) in [6.45, 7) is 5.21. The molecule has 2 N–H and O–H groups in total. The Bertz CT molecular complexity index is 679. The summed E-state index contributed by atoms with van der Waals surface area (Å²) in [6, 6.07) is 4.62. The van der Waals surface area contributed by atoms with E-state index in [0.717, 1.165) is 12.8 Å². The summed E-state index contributed by atoms with van der Waals surface area (Å²) in [5.74, 6) is 0. The maximum absolute atomic E-state index is 12.4. The molecule has 0 saturated heterocycles. The molecule has 0 heterocycles. The maximum atomic E-state index is 12.4. The Morgan fingerprint density at radius 2 is 1.95 bits per heavy atom. The number of anilines is 1. The SMILES string of the molecule is CC(C)(C)OC(=O)Nc1ccc(Br)cc1S(=O)(=O)NC1CC1. The van der Waals surface area contributed by atoms with Crippen molar-refractivity contribution in [1.29, 1.82) is 0 Å². The molecule has 1 saturated carbocycles. The molecule has 1 amide bonds. The minimum absolute atomic E-state index is 0.0136. The number of hydrogen-bond donors (Lipinski definition) is 2. The molecule has 122 valence electrons. The quantitative estimate of drug-likeness (QED) is 0.826. The van der Waals surface area contributed by atoms with Crippen molar-refractivity contribution in [2.45, 2.75) is 50.2 Å². The van der Waals surface area contributed by atoms with Gasteiger partial charge in [0.1, 0.15) is 10.5 Å². The van der Waals surface area contributed by atoms with Crippen LogP contribution in [0.5, 0.6) is 0 Å². The van der Waals surface area contributed by atoms with E-state index in [9.17, 15) is 13.2 Å².